The molecule has 1 N–H and O–H groups in total. The van der Waals surface area contributed by atoms with E-state index in [0.717, 1.165) is 32.2 Å². The van der Waals surface area contributed by atoms with E-state index in [9.17, 15) is 4.79 Å². The molecular formula is C14H25NO2. The van der Waals surface area contributed by atoms with E-state index in [1.807, 2.05) is 20.8 Å². The average molecular weight is 239 g/mol. The zero-order valence-corrected chi connectivity index (χ0v) is 11.3. The number of carbonyl (C=O) groups excluding carboxylic acids is 1. The average Bonchev–Trinajstić information content (AvgIpc) is 2.65. The number of nitrogens with one attached hydrogen (secondary N) is 1. The Balaban J connectivity index is 1.84. The first-order valence-corrected chi connectivity index (χ1v) is 6.88. The summed E-state index contributed by atoms with van der Waals surface area (Å²) < 4.78 is 5.47. The number of hydrogen-bond donors (Lipinski definition) is 1. The highest BCUT2D eigenvalue weighted by molar-refractivity contribution is 5.73. The summed E-state index contributed by atoms with van der Waals surface area (Å²) in [5.74, 6) is 0.132. The summed E-state index contributed by atoms with van der Waals surface area (Å²) >= 11 is 0. The van der Waals surface area contributed by atoms with E-state index in [1.165, 1.54) is 12.8 Å². The maximum Gasteiger partial charge on any atom is 0.309 e. The first kappa shape index (κ1) is 12.9. The highest BCUT2D eigenvalue weighted by Gasteiger charge is 2.40. The molecule has 1 saturated carbocycles. The van der Waals surface area contributed by atoms with Crippen molar-refractivity contribution in [2.75, 3.05) is 6.54 Å². The van der Waals surface area contributed by atoms with E-state index in [4.69, 9.17) is 4.74 Å². The summed E-state index contributed by atoms with van der Waals surface area (Å²) in [7, 11) is 0. The van der Waals surface area contributed by atoms with Crippen molar-refractivity contribution in [3.63, 3.8) is 0 Å². The van der Waals surface area contributed by atoms with E-state index >= 15 is 0 Å². The Hall–Kier alpha value is -0.570. The summed E-state index contributed by atoms with van der Waals surface area (Å²) in [6.07, 6.45) is 6.82. The minimum Gasteiger partial charge on any atom is -0.460 e. The second-order valence-corrected chi connectivity index (χ2v) is 6.62. The molecule has 0 aromatic carbocycles. The summed E-state index contributed by atoms with van der Waals surface area (Å²) in [4.78, 5) is 12.0. The molecule has 1 saturated heterocycles. The molecule has 1 heterocycles. The van der Waals surface area contributed by atoms with Gasteiger partial charge in [-0.3, -0.25) is 4.79 Å². The van der Waals surface area contributed by atoms with Crippen LogP contribution in [-0.2, 0) is 9.53 Å². The topological polar surface area (TPSA) is 38.3 Å². The first-order valence-electron chi connectivity index (χ1n) is 6.88. The molecule has 17 heavy (non-hydrogen) atoms. The highest BCUT2D eigenvalue weighted by atomic mass is 16.6. The van der Waals surface area contributed by atoms with Gasteiger partial charge in [0.25, 0.3) is 0 Å². The third kappa shape index (κ3) is 3.21. The third-order valence-corrected chi connectivity index (χ3v) is 4.01. The maximum atomic E-state index is 12.0. The van der Waals surface area contributed by atoms with Gasteiger partial charge in [0.05, 0.1) is 5.92 Å². The van der Waals surface area contributed by atoms with Crippen LogP contribution in [0.4, 0.5) is 0 Å². The van der Waals surface area contributed by atoms with Crippen molar-refractivity contribution in [3.8, 4) is 0 Å². The minimum absolute atomic E-state index is 0.00495. The monoisotopic (exact) mass is 239 g/mol. The van der Waals surface area contributed by atoms with Gasteiger partial charge in [-0.2, -0.15) is 0 Å². The fourth-order valence-electron chi connectivity index (χ4n) is 3.09. The number of esters is 1. The molecule has 0 atom stereocenters. The standard InChI is InChI=1S/C14H25NO2/c1-13(2,3)17-12(16)11-5-8-14(9-6-11)7-4-10-15-14/h11,15H,4-10H2,1-3H3. The first-order chi connectivity index (χ1) is 7.90. The van der Waals surface area contributed by atoms with Crippen molar-refractivity contribution in [1.29, 1.82) is 0 Å². The van der Waals surface area contributed by atoms with Crippen molar-refractivity contribution in [2.24, 2.45) is 5.92 Å². The van der Waals surface area contributed by atoms with E-state index in [-0.39, 0.29) is 17.5 Å². The van der Waals surface area contributed by atoms with Gasteiger partial charge < -0.3 is 10.1 Å². The van der Waals surface area contributed by atoms with Gasteiger partial charge in [-0.1, -0.05) is 0 Å². The number of ether oxygens (including phenoxy) is 1. The van der Waals surface area contributed by atoms with Crippen LogP contribution < -0.4 is 5.32 Å². The fraction of sp³-hybridized carbons (Fsp3) is 0.929. The lowest BCUT2D eigenvalue weighted by molar-refractivity contribution is -0.161. The van der Waals surface area contributed by atoms with Crippen LogP contribution in [0, 0.1) is 5.92 Å². The minimum atomic E-state index is -0.349. The fourth-order valence-corrected chi connectivity index (χ4v) is 3.09. The predicted octanol–water partition coefficient (Wildman–Crippen LogP) is 2.64. The van der Waals surface area contributed by atoms with Crippen molar-refractivity contribution in [3.05, 3.63) is 0 Å². The van der Waals surface area contributed by atoms with Gasteiger partial charge in [-0.25, -0.2) is 0 Å². The Kier molecular flexibility index (Phi) is 3.48. The van der Waals surface area contributed by atoms with Gasteiger partial charge in [0.15, 0.2) is 0 Å². The van der Waals surface area contributed by atoms with Crippen LogP contribution >= 0.6 is 0 Å². The molecule has 1 spiro atoms. The third-order valence-electron chi connectivity index (χ3n) is 4.01. The van der Waals surface area contributed by atoms with Crippen molar-refractivity contribution in [1.82, 2.24) is 5.32 Å². The van der Waals surface area contributed by atoms with Crippen molar-refractivity contribution < 1.29 is 9.53 Å². The van der Waals surface area contributed by atoms with Crippen LogP contribution in [0.3, 0.4) is 0 Å². The van der Waals surface area contributed by atoms with Gasteiger partial charge in [0.2, 0.25) is 0 Å². The largest absolute Gasteiger partial charge is 0.460 e. The van der Waals surface area contributed by atoms with Gasteiger partial charge in [0.1, 0.15) is 5.60 Å². The highest BCUT2D eigenvalue weighted by Crippen LogP contribution is 2.38. The van der Waals surface area contributed by atoms with Crippen LogP contribution in [0.1, 0.15) is 59.3 Å². The smallest absolute Gasteiger partial charge is 0.309 e. The summed E-state index contributed by atoms with van der Waals surface area (Å²) in [5.41, 5.74) is 0.0103. The maximum absolute atomic E-state index is 12.0. The van der Waals surface area contributed by atoms with Crippen LogP contribution in [-0.4, -0.2) is 23.7 Å². The van der Waals surface area contributed by atoms with E-state index in [1.54, 1.807) is 0 Å². The number of rotatable bonds is 1. The molecule has 1 aliphatic heterocycles. The molecule has 0 aromatic heterocycles. The molecular weight excluding hydrogens is 214 g/mol. The SMILES string of the molecule is CC(C)(C)OC(=O)C1CCC2(CCCN2)CC1. The quantitative estimate of drug-likeness (QED) is 0.715. The Labute approximate surface area is 104 Å². The molecule has 0 amide bonds. The van der Waals surface area contributed by atoms with Gasteiger partial charge in [0, 0.05) is 5.54 Å². The molecule has 0 bridgehead atoms. The van der Waals surface area contributed by atoms with Crippen LogP contribution in [0.2, 0.25) is 0 Å². The molecule has 3 nitrogen and oxygen atoms in total. The molecule has 2 fully saturated rings. The Bertz CT molecular complexity index is 277. The van der Waals surface area contributed by atoms with Crippen LogP contribution in [0.5, 0.6) is 0 Å². The Morgan fingerprint density at radius 2 is 1.88 bits per heavy atom. The molecule has 3 heteroatoms. The zero-order valence-electron chi connectivity index (χ0n) is 11.3. The van der Waals surface area contributed by atoms with E-state index < -0.39 is 0 Å². The lowest BCUT2D eigenvalue weighted by Gasteiger charge is -2.37. The number of hydrogen-bond acceptors (Lipinski definition) is 3. The second-order valence-electron chi connectivity index (χ2n) is 6.62. The van der Waals surface area contributed by atoms with Crippen LogP contribution in [0.15, 0.2) is 0 Å². The van der Waals surface area contributed by atoms with Gasteiger partial charge in [-0.05, 0) is 65.8 Å². The lowest BCUT2D eigenvalue weighted by Crippen LogP contribution is -2.44. The predicted molar refractivity (Wildman–Crippen MR) is 67.8 cm³/mol. The molecule has 98 valence electrons. The van der Waals surface area contributed by atoms with Gasteiger partial charge >= 0.3 is 5.97 Å². The second kappa shape index (κ2) is 4.60. The van der Waals surface area contributed by atoms with Gasteiger partial charge in [-0.15, -0.1) is 0 Å². The van der Waals surface area contributed by atoms with Crippen LogP contribution in [0.25, 0.3) is 0 Å². The summed E-state index contributed by atoms with van der Waals surface area (Å²) in [6.45, 7) is 6.96. The molecule has 1 aliphatic carbocycles. The molecule has 2 rings (SSSR count). The number of carbonyl (C=O) groups is 1. The summed E-state index contributed by atoms with van der Waals surface area (Å²) in [5, 5.41) is 3.63. The molecule has 0 unspecified atom stereocenters. The zero-order chi connectivity index (χ0) is 12.5. The Morgan fingerprint density at radius 3 is 2.35 bits per heavy atom. The van der Waals surface area contributed by atoms with Crippen molar-refractivity contribution in [2.45, 2.75) is 70.4 Å². The Morgan fingerprint density at radius 1 is 1.24 bits per heavy atom. The van der Waals surface area contributed by atoms with Crippen molar-refractivity contribution >= 4 is 5.97 Å². The molecule has 0 aromatic rings. The van der Waals surface area contributed by atoms with E-state index in [0.29, 0.717) is 5.54 Å². The summed E-state index contributed by atoms with van der Waals surface area (Å²) in [6, 6.07) is 0. The molecule has 0 radical (unpaired) electrons. The molecule has 2 aliphatic rings. The normalized spacial score (nSPS) is 33.9. The van der Waals surface area contributed by atoms with E-state index in [2.05, 4.69) is 5.32 Å². The lowest BCUT2D eigenvalue weighted by atomic mass is 9.76.